The van der Waals surface area contributed by atoms with Gasteiger partial charge in [-0.2, -0.15) is 0 Å². The molecule has 0 spiro atoms. The zero-order valence-corrected chi connectivity index (χ0v) is 30.6. The van der Waals surface area contributed by atoms with Crippen LogP contribution in [0.2, 0.25) is 0 Å². The van der Waals surface area contributed by atoms with Gasteiger partial charge in [0.05, 0.1) is 0 Å². The van der Waals surface area contributed by atoms with E-state index >= 15 is 0 Å². The minimum absolute atomic E-state index is 0.0837. The van der Waals surface area contributed by atoms with Gasteiger partial charge in [0.2, 0.25) is 0 Å². The molecule has 0 saturated carbocycles. The van der Waals surface area contributed by atoms with Crippen molar-refractivity contribution in [2.24, 2.45) is 0 Å². The summed E-state index contributed by atoms with van der Waals surface area (Å²) in [6.07, 6.45) is 0. The Balaban J connectivity index is 1.02. The van der Waals surface area contributed by atoms with E-state index in [4.69, 9.17) is 0 Å². The molecule has 1 aliphatic carbocycles. The number of rotatable bonds is 6. The van der Waals surface area contributed by atoms with Crippen LogP contribution in [-0.4, -0.2) is 0 Å². The summed E-state index contributed by atoms with van der Waals surface area (Å²) in [5, 5.41) is 2.72. The molecule has 0 aliphatic heterocycles. The van der Waals surface area contributed by atoms with Gasteiger partial charge in [0.25, 0.3) is 0 Å². The maximum atomic E-state index is 2.44. The van der Waals surface area contributed by atoms with Gasteiger partial charge in [-0.3, -0.25) is 0 Å². The second kappa shape index (κ2) is 12.5. The topological polar surface area (TPSA) is 3.24 Å². The predicted octanol–water partition coefficient (Wildman–Crippen LogP) is 14.8. The van der Waals surface area contributed by atoms with Crippen LogP contribution in [0.25, 0.3) is 64.7 Å². The molecule has 252 valence electrons. The van der Waals surface area contributed by atoms with E-state index in [1.807, 2.05) is 11.3 Å². The minimum Gasteiger partial charge on any atom is -0.311 e. The van der Waals surface area contributed by atoms with Crippen molar-refractivity contribution in [3.05, 3.63) is 199 Å². The number of hydrogen-bond acceptors (Lipinski definition) is 2. The summed E-state index contributed by atoms with van der Waals surface area (Å²) >= 11 is 1.93. The SMILES string of the molecule is CC1(C)c2cc(-c3ccc(N(c4ccc(-c5ccccc5)cc4)c4ccc(-c5ccccc5)cc4)cc3)ccc2-c2c1ccc1c2sc2ccccc21. The Labute approximate surface area is 315 Å². The first-order valence-corrected chi connectivity index (χ1v) is 19.2. The lowest BCUT2D eigenvalue weighted by Gasteiger charge is -2.26. The van der Waals surface area contributed by atoms with Crippen LogP contribution in [0, 0.1) is 0 Å². The third kappa shape index (κ3) is 5.29. The van der Waals surface area contributed by atoms with Gasteiger partial charge in [-0.05, 0) is 98.6 Å². The third-order valence-corrected chi connectivity index (χ3v) is 12.3. The zero-order chi connectivity index (χ0) is 35.5. The summed E-state index contributed by atoms with van der Waals surface area (Å²) in [5.41, 5.74) is 16.2. The smallest absolute Gasteiger partial charge is 0.0462 e. The molecule has 0 fully saturated rings. The number of benzene rings is 8. The first-order chi connectivity index (χ1) is 26.0. The minimum atomic E-state index is -0.0837. The van der Waals surface area contributed by atoms with E-state index in [-0.39, 0.29) is 5.41 Å². The summed E-state index contributed by atoms with van der Waals surface area (Å²) in [7, 11) is 0. The van der Waals surface area contributed by atoms with Crippen molar-refractivity contribution in [3.8, 4) is 44.5 Å². The van der Waals surface area contributed by atoms with E-state index in [0.717, 1.165) is 17.1 Å². The Morgan fingerprint density at radius 2 is 0.868 bits per heavy atom. The predicted molar refractivity (Wildman–Crippen MR) is 228 cm³/mol. The molecule has 53 heavy (non-hydrogen) atoms. The normalized spacial score (nSPS) is 12.9. The zero-order valence-electron chi connectivity index (χ0n) is 29.8. The first kappa shape index (κ1) is 31.5. The van der Waals surface area contributed by atoms with Gasteiger partial charge in [-0.1, -0.05) is 153 Å². The average molecular weight is 696 g/mol. The van der Waals surface area contributed by atoms with Gasteiger partial charge >= 0.3 is 0 Å². The van der Waals surface area contributed by atoms with E-state index in [9.17, 15) is 0 Å². The Morgan fingerprint density at radius 1 is 0.396 bits per heavy atom. The van der Waals surface area contributed by atoms with E-state index in [1.54, 1.807) is 0 Å². The van der Waals surface area contributed by atoms with Crippen LogP contribution in [0.5, 0.6) is 0 Å². The number of fused-ring (bicyclic) bond motifs is 7. The molecule has 0 amide bonds. The quantitative estimate of drug-likeness (QED) is 0.167. The molecule has 8 aromatic carbocycles. The molecule has 9 aromatic rings. The van der Waals surface area contributed by atoms with Gasteiger partial charge in [-0.15, -0.1) is 11.3 Å². The fourth-order valence-corrected chi connectivity index (χ4v) is 9.56. The third-order valence-electron chi connectivity index (χ3n) is 11.1. The van der Waals surface area contributed by atoms with Crippen LogP contribution in [0.15, 0.2) is 188 Å². The standard InChI is InChI=1S/C51H37NS/c1-51(2)46-32-31-44-43-15-9-10-16-48(43)53-50(44)49(46)45-30-23-39(33-47(45)51)38-21-28-42(29-22-38)52(40-24-17-36(18-25-40)34-11-5-3-6-12-34)41-26-19-37(20-27-41)35-13-7-4-8-14-35/h3-33H,1-2H3. The van der Waals surface area contributed by atoms with Crippen molar-refractivity contribution in [1.82, 2.24) is 0 Å². The second-order valence-electron chi connectivity index (χ2n) is 14.6. The highest BCUT2D eigenvalue weighted by Gasteiger charge is 2.37. The average Bonchev–Trinajstić information content (AvgIpc) is 3.71. The lowest BCUT2D eigenvalue weighted by atomic mass is 9.81. The second-order valence-corrected chi connectivity index (χ2v) is 15.6. The van der Waals surface area contributed by atoms with Crippen molar-refractivity contribution in [2.45, 2.75) is 19.3 Å². The molecule has 0 unspecified atom stereocenters. The van der Waals surface area contributed by atoms with Crippen LogP contribution in [0.3, 0.4) is 0 Å². The molecule has 0 bridgehead atoms. The van der Waals surface area contributed by atoms with Crippen LogP contribution in [-0.2, 0) is 5.41 Å². The monoisotopic (exact) mass is 695 g/mol. The molecule has 10 rings (SSSR count). The number of thiophene rings is 1. The lowest BCUT2D eigenvalue weighted by molar-refractivity contribution is 0.661. The Morgan fingerprint density at radius 3 is 1.43 bits per heavy atom. The number of hydrogen-bond donors (Lipinski definition) is 0. The van der Waals surface area contributed by atoms with Gasteiger partial charge in [0.1, 0.15) is 0 Å². The molecule has 1 nitrogen and oxygen atoms in total. The molecule has 1 heterocycles. The highest BCUT2D eigenvalue weighted by atomic mass is 32.1. The van der Waals surface area contributed by atoms with E-state index < -0.39 is 0 Å². The Hall–Kier alpha value is -6.22. The van der Waals surface area contributed by atoms with Crippen LogP contribution in [0.1, 0.15) is 25.0 Å². The maximum absolute atomic E-state index is 2.44. The molecule has 0 atom stereocenters. The van der Waals surface area contributed by atoms with Crippen LogP contribution < -0.4 is 4.90 Å². The van der Waals surface area contributed by atoms with Crippen molar-refractivity contribution in [2.75, 3.05) is 4.90 Å². The van der Waals surface area contributed by atoms with Gasteiger partial charge in [0.15, 0.2) is 0 Å². The van der Waals surface area contributed by atoms with Crippen molar-refractivity contribution >= 4 is 48.6 Å². The summed E-state index contributed by atoms with van der Waals surface area (Å²) in [4.78, 5) is 2.35. The highest BCUT2D eigenvalue weighted by molar-refractivity contribution is 7.26. The largest absolute Gasteiger partial charge is 0.311 e. The van der Waals surface area contributed by atoms with E-state index in [0.29, 0.717) is 0 Å². The molecular weight excluding hydrogens is 659 g/mol. The molecule has 2 heteroatoms. The molecule has 0 radical (unpaired) electrons. The van der Waals surface area contributed by atoms with Gasteiger partial charge in [-0.25, -0.2) is 0 Å². The summed E-state index contributed by atoms with van der Waals surface area (Å²) in [6, 6.07) is 68.7. The van der Waals surface area contributed by atoms with Gasteiger partial charge in [0, 0.05) is 48.2 Å². The van der Waals surface area contributed by atoms with Crippen molar-refractivity contribution < 1.29 is 0 Å². The molecule has 1 aliphatic rings. The van der Waals surface area contributed by atoms with Crippen LogP contribution >= 0.6 is 11.3 Å². The van der Waals surface area contributed by atoms with E-state index in [1.165, 1.54) is 75.8 Å². The Bertz CT molecular complexity index is 2670. The van der Waals surface area contributed by atoms with Crippen molar-refractivity contribution in [3.63, 3.8) is 0 Å². The summed E-state index contributed by atoms with van der Waals surface area (Å²) in [6.45, 7) is 4.77. The van der Waals surface area contributed by atoms with Crippen molar-refractivity contribution in [1.29, 1.82) is 0 Å². The van der Waals surface area contributed by atoms with Gasteiger partial charge < -0.3 is 4.90 Å². The van der Waals surface area contributed by atoms with Crippen LogP contribution in [0.4, 0.5) is 17.1 Å². The molecule has 0 saturated heterocycles. The fraction of sp³-hybridized carbons (Fsp3) is 0.0588. The lowest BCUT2D eigenvalue weighted by Crippen LogP contribution is -2.14. The summed E-state index contributed by atoms with van der Waals surface area (Å²) < 4.78 is 2.76. The number of nitrogens with zero attached hydrogens (tertiary/aromatic N) is 1. The number of anilines is 3. The fourth-order valence-electron chi connectivity index (χ4n) is 8.30. The Kier molecular flexibility index (Phi) is 7.42. The molecule has 0 N–H and O–H groups in total. The highest BCUT2D eigenvalue weighted by Crippen LogP contribution is 2.54. The maximum Gasteiger partial charge on any atom is 0.0462 e. The summed E-state index contributed by atoms with van der Waals surface area (Å²) in [5.74, 6) is 0. The molecule has 1 aromatic heterocycles. The molecular formula is C51H37NS. The van der Waals surface area contributed by atoms with E-state index in [2.05, 4.69) is 207 Å². The first-order valence-electron chi connectivity index (χ1n) is 18.3.